The van der Waals surface area contributed by atoms with Gasteiger partial charge in [-0.1, -0.05) is 31.2 Å². The first kappa shape index (κ1) is 19.4. The van der Waals surface area contributed by atoms with E-state index in [0.29, 0.717) is 36.2 Å². The maximum Gasteiger partial charge on any atom is 0.417 e. The number of hydrogen-bond donors (Lipinski definition) is 0. The monoisotopic (exact) mass is 376 g/mol. The van der Waals surface area contributed by atoms with E-state index >= 15 is 0 Å². The summed E-state index contributed by atoms with van der Waals surface area (Å²) in [6.45, 7) is 4.79. The highest BCUT2D eigenvalue weighted by molar-refractivity contribution is 5.94. The Hall–Kier alpha value is -2.34. The van der Waals surface area contributed by atoms with Crippen molar-refractivity contribution in [2.24, 2.45) is 0 Å². The highest BCUT2D eigenvalue weighted by Crippen LogP contribution is 2.38. The number of benzene rings is 2. The summed E-state index contributed by atoms with van der Waals surface area (Å²) in [5, 5.41) is 0. The minimum Gasteiger partial charge on any atom is -0.336 e. The van der Waals surface area contributed by atoms with E-state index in [2.05, 4.69) is 4.90 Å². The van der Waals surface area contributed by atoms with Crippen LogP contribution in [0.15, 0.2) is 42.5 Å². The normalized spacial score (nSPS) is 15.8. The van der Waals surface area contributed by atoms with Crippen LogP contribution in [0.5, 0.6) is 0 Å². The number of carbonyl (C=O) groups is 1. The van der Waals surface area contributed by atoms with Gasteiger partial charge in [0, 0.05) is 31.7 Å². The molecule has 0 saturated carbocycles. The van der Waals surface area contributed by atoms with Crippen molar-refractivity contribution in [1.29, 1.82) is 0 Å². The predicted molar refractivity (Wildman–Crippen MR) is 99.7 cm³/mol. The lowest BCUT2D eigenvalue weighted by atomic mass is 9.95. The molecule has 2 aromatic rings. The average molecular weight is 376 g/mol. The van der Waals surface area contributed by atoms with Gasteiger partial charge in [-0.3, -0.25) is 4.79 Å². The van der Waals surface area contributed by atoms with Crippen molar-refractivity contribution in [3.05, 3.63) is 59.2 Å². The molecule has 0 N–H and O–H groups in total. The molecule has 1 aliphatic heterocycles. The van der Waals surface area contributed by atoms with Gasteiger partial charge >= 0.3 is 6.18 Å². The number of alkyl halides is 3. The maximum atomic E-state index is 13.5. The first-order chi connectivity index (χ1) is 12.8. The first-order valence-electron chi connectivity index (χ1n) is 9.08. The van der Waals surface area contributed by atoms with Gasteiger partial charge in [0.1, 0.15) is 0 Å². The van der Waals surface area contributed by atoms with Crippen LogP contribution in [0.25, 0.3) is 11.1 Å². The topological polar surface area (TPSA) is 23.6 Å². The molecule has 0 unspecified atom stereocenters. The molecule has 0 atom stereocenters. The number of hydrogen-bond acceptors (Lipinski definition) is 2. The van der Waals surface area contributed by atoms with Crippen molar-refractivity contribution in [2.45, 2.75) is 19.5 Å². The van der Waals surface area contributed by atoms with E-state index in [-0.39, 0.29) is 11.5 Å². The Balaban J connectivity index is 1.86. The summed E-state index contributed by atoms with van der Waals surface area (Å²) in [4.78, 5) is 16.5. The zero-order valence-electron chi connectivity index (χ0n) is 15.5. The smallest absolute Gasteiger partial charge is 0.336 e. The minimum absolute atomic E-state index is 0.0768. The molecule has 0 aromatic heterocycles. The number of rotatable bonds is 3. The molecule has 2 aromatic carbocycles. The fraction of sp³-hybridized carbons (Fsp3) is 0.381. The van der Waals surface area contributed by atoms with Crippen LogP contribution in [0.3, 0.4) is 0 Å². The Bertz CT molecular complexity index is 807. The molecule has 1 amide bonds. The van der Waals surface area contributed by atoms with Crippen LogP contribution in [-0.2, 0) is 12.6 Å². The molecule has 3 rings (SSSR count). The van der Waals surface area contributed by atoms with E-state index in [4.69, 9.17) is 0 Å². The Labute approximate surface area is 157 Å². The Morgan fingerprint density at radius 1 is 1.00 bits per heavy atom. The molecule has 0 aliphatic carbocycles. The largest absolute Gasteiger partial charge is 0.417 e. The molecule has 3 nitrogen and oxygen atoms in total. The lowest BCUT2D eigenvalue weighted by Crippen LogP contribution is -2.47. The number of halogens is 3. The third kappa shape index (κ3) is 4.33. The maximum absolute atomic E-state index is 13.5. The summed E-state index contributed by atoms with van der Waals surface area (Å²) in [7, 11) is 2.01. The summed E-state index contributed by atoms with van der Waals surface area (Å²) in [5.74, 6) is -0.0768. The fourth-order valence-corrected chi connectivity index (χ4v) is 3.28. The van der Waals surface area contributed by atoms with Gasteiger partial charge < -0.3 is 9.80 Å². The van der Waals surface area contributed by atoms with Crippen LogP contribution < -0.4 is 0 Å². The van der Waals surface area contributed by atoms with Gasteiger partial charge in [-0.2, -0.15) is 13.2 Å². The van der Waals surface area contributed by atoms with Crippen LogP contribution in [0.4, 0.5) is 13.2 Å². The zero-order chi connectivity index (χ0) is 19.6. The second-order valence-corrected chi connectivity index (χ2v) is 6.90. The summed E-state index contributed by atoms with van der Waals surface area (Å²) >= 11 is 0. The summed E-state index contributed by atoms with van der Waals surface area (Å²) in [6.07, 6.45) is -3.88. The van der Waals surface area contributed by atoms with Gasteiger partial charge in [-0.25, -0.2) is 0 Å². The Kier molecular flexibility index (Phi) is 5.56. The number of likely N-dealkylation sites (N-methyl/N-ethyl adjacent to an activating group) is 1. The molecule has 1 aliphatic rings. The molecule has 0 radical (unpaired) electrons. The van der Waals surface area contributed by atoms with Gasteiger partial charge in [-0.05, 0) is 48.4 Å². The molecule has 1 heterocycles. The second-order valence-electron chi connectivity index (χ2n) is 6.90. The van der Waals surface area contributed by atoms with E-state index in [1.807, 2.05) is 14.0 Å². The summed E-state index contributed by atoms with van der Waals surface area (Å²) in [5.41, 5.74) is 1.10. The summed E-state index contributed by atoms with van der Waals surface area (Å²) < 4.78 is 40.4. The number of nitrogens with zero attached hydrogens (tertiary/aromatic N) is 2. The SMILES string of the molecule is CCc1ccc(-c2ccc(C(=O)N3CCN(C)CC3)cc2)c(C(F)(F)F)c1. The third-order valence-electron chi connectivity index (χ3n) is 5.03. The lowest BCUT2D eigenvalue weighted by Gasteiger charge is -2.32. The van der Waals surface area contributed by atoms with Crippen molar-refractivity contribution >= 4 is 5.91 Å². The highest BCUT2D eigenvalue weighted by atomic mass is 19.4. The average Bonchev–Trinajstić information content (AvgIpc) is 2.67. The molecule has 144 valence electrons. The van der Waals surface area contributed by atoms with Crippen molar-refractivity contribution in [2.75, 3.05) is 33.2 Å². The van der Waals surface area contributed by atoms with E-state index in [1.54, 1.807) is 35.2 Å². The van der Waals surface area contributed by atoms with Crippen LogP contribution in [0.1, 0.15) is 28.4 Å². The minimum atomic E-state index is -4.42. The lowest BCUT2D eigenvalue weighted by molar-refractivity contribution is -0.137. The van der Waals surface area contributed by atoms with Crippen molar-refractivity contribution in [1.82, 2.24) is 9.80 Å². The van der Waals surface area contributed by atoms with E-state index < -0.39 is 11.7 Å². The van der Waals surface area contributed by atoms with E-state index in [0.717, 1.165) is 13.1 Å². The van der Waals surface area contributed by atoms with Gasteiger partial charge in [0.2, 0.25) is 0 Å². The predicted octanol–water partition coefficient (Wildman–Crippen LogP) is 4.32. The fourth-order valence-electron chi connectivity index (χ4n) is 3.28. The molecule has 6 heteroatoms. The van der Waals surface area contributed by atoms with Crippen LogP contribution in [0.2, 0.25) is 0 Å². The molecule has 1 fully saturated rings. The molecule has 1 saturated heterocycles. The molecule has 0 spiro atoms. The molecular formula is C21H23F3N2O. The van der Waals surface area contributed by atoms with Gasteiger partial charge in [0.25, 0.3) is 5.91 Å². The van der Waals surface area contributed by atoms with Crippen molar-refractivity contribution in [3.8, 4) is 11.1 Å². The standard InChI is InChI=1S/C21H23F3N2O/c1-3-15-4-9-18(19(14-15)21(22,23)24)16-5-7-17(8-6-16)20(27)26-12-10-25(2)11-13-26/h4-9,14H,3,10-13H2,1-2H3. The second kappa shape index (κ2) is 7.72. The van der Waals surface area contributed by atoms with Crippen molar-refractivity contribution in [3.63, 3.8) is 0 Å². The molecule has 0 bridgehead atoms. The van der Waals surface area contributed by atoms with Gasteiger partial charge in [-0.15, -0.1) is 0 Å². The van der Waals surface area contributed by atoms with Gasteiger partial charge in [0.15, 0.2) is 0 Å². The number of amides is 1. The Morgan fingerprint density at radius 3 is 2.19 bits per heavy atom. The number of aryl methyl sites for hydroxylation is 1. The summed E-state index contributed by atoms with van der Waals surface area (Å²) in [6, 6.07) is 10.9. The molecular weight excluding hydrogens is 353 g/mol. The Morgan fingerprint density at radius 2 is 1.63 bits per heavy atom. The molecule has 27 heavy (non-hydrogen) atoms. The van der Waals surface area contributed by atoms with Crippen LogP contribution in [0, 0.1) is 0 Å². The third-order valence-corrected chi connectivity index (χ3v) is 5.03. The van der Waals surface area contributed by atoms with E-state index in [9.17, 15) is 18.0 Å². The number of carbonyl (C=O) groups excluding carboxylic acids is 1. The van der Waals surface area contributed by atoms with Crippen LogP contribution in [-0.4, -0.2) is 48.9 Å². The van der Waals surface area contributed by atoms with E-state index in [1.165, 1.54) is 12.1 Å². The van der Waals surface area contributed by atoms with Crippen molar-refractivity contribution < 1.29 is 18.0 Å². The highest BCUT2D eigenvalue weighted by Gasteiger charge is 2.34. The van der Waals surface area contributed by atoms with Crippen LogP contribution >= 0.6 is 0 Å². The zero-order valence-corrected chi connectivity index (χ0v) is 15.5. The van der Waals surface area contributed by atoms with Gasteiger partial charge in [0.05, 0.1) is 5.56 Å². The quantitative estimate of drug-likeness (QED) is 0.796. The first-order valence-corrected chi connectivity index (χ1v) is 9.08. The number of piperazine rings is 1.